The molecule has 0 N–H and O–H groups in total. The van der Waals surface area contributed by atoms with Crippen LogP contribution in [0.4, 0.5) is 4.39 Å². The molecule has 0 unspecified atom stereocenters. The molecule has 0 aliphatic rings. The molecule has 0 aliphatic carbocycles. The molecule has 94 valence electrons. The summed E-state index contributed by atoms with van der Waals surface area (Å²) in [7, 11) is 0. The number of hydrogen-bond donors (Lipinski definition) is 0. The standard InChI is InChI=1S/C11H6Cl2FIN2O/c12-8-2-1-7(14)3-6(8)4-17-5-16-10(13)9(15)11(17)18/h1-3,5H,4H2. The summed E-state index contributed by atoms with van der Waals surface area (Å²) in [5.74, 6) is -0.404. The van der Waals surface area contributed by atoms with Crippen LogP contribution in [0.5, 0.6) is 0 Å². The van der Waals surface area contributed by atoms with E-state index in [9.17, 15) is 9.18 Å². The monoisotopic (exact) mass is 398 g/mol. The molecular formula is C11H6Cl2FIN2O. The van der Waals surface area contributed by atoms with Crippen LogP contribution in [0, 0.1) is 9.39 Å². The highest BCUT2D eigenvalue weighted by Gasteiger charge is 2.09. The van der Waals surface area contributed by atoms with Crippen LogP contribution >= 0.6 is 45.8 Å². The van der Waals surface area contributed by atoms with Crippen LogP contribution in [-0.4, -0.2) is 9.55 Å². The molecule has 2 aromatic rings. The predicted molar refractivity (Wildman–Crippen MR) is 76.7 cm³/mol. The van der Waals surface area contributed by atoms with Crippen molar-refractivity contribution in [2.75, 3.05) is 0 Å². The molecule has 0 saturated heterocycles. The minimum absolute atomic E-state index is 0.148. The second-order valence-electron chi connectivity index (χ2n) is 3.52. The fraction of sp³-hybridized carbons (Fsp3) is 0.0909. The highest BCUT2D eigenvalue weighted by Crippen LogP contribution is 2.18. The van der Waals surface area contributed by atoms with Crippen molar-refractivity contribution in [3.8, 4) is 0 Å². The van der Waals surface area contributed by atoms with E-state index in [2.05, 4.69) is 4.98 Å². The fourth-order valence-electron chi connectivity index (χ4n) is 1.40. The van der Waals surface area contributed by atoms with Crippen molar-refractivity contribution in [1.82, 2.24) is 9.55 Å². The van der Waals surface area contributed by atoms with Crippen molar-refractivity contribution in [3.05, 3.63) is 60.0 Å². The lowest BCUT2D eigenvalue weighted by Crippen LogP contribution is -2.23. The van der Waals surface area contributed by atoms with Crippen molar-refractivity contribution in [1.29, 1.82) is 0 Å². The Balaban J connectivity index is 2.44. The molecule has 0 bridgehead atoms. The van der Waals surface area contributed by atoms with Gasteiger partial charge < -0.3 is 0 Å². The molecule has 0 amide bonds. The minimum Gasteiger partial charge on any atom is -0.294 e. The second kappa shape index (κ2) is 5.54. The summed E-state index contributed by atoms with van der Waals surface area (Å²) in [5.41, 5.74) is 0.231. The Bertz CT molecular complexity index is 660. The van der Waals surface area contributed by atoms with Gasteiger partial charge in [-0.2, -0.15) is 0 Å². The third kappa shape index (κ3) is 2.84. The molecule has 1 aromatic heterocycles. The first-order valence-corrected chi connectivity index (χ1v) is 6.67. The molecular weight excluding hydrogens is 393 g/mol. The van der Waals surface area contributed by atoms with Crippen LogP contribution < -0.4 is 5.56 Å². The lowest BCUT2D eigenvalue weighted by atomic mass is 10.2. The molecule has 1 aromatic carbocycles. The molecule has 1 heterocycles. The smallest absolute Gasteiger partial charge is 0.268 e. The van der Waals surface area contributed by atoms with E-state index in [4.69, 9.17) is 23.2 Å². The summed E-state index contributed by atoms with van der Waals surface area (Å²) >= 11 is 13.5. The molecule has 3 nitrogen and oxygen atoms in total. The Morgan fingerprint density at radius 3 is 2.83 bits per heavy atom. The zero-order valence-corrected chi connectivity index (χ0v) is 12.5. The number of nitrogens with zero attached hydrogens (tertiary/aromatic N) is 2. The van der Waals surface area contributed by atoms with E-state index < -0.39 is 5.82 Å². The van der Waals surface area contributed by atoms with Crippen LogP contribution in [0.2, 0.25) is 10.2 Å². The Hall–Kier alpha value is -0.660. The summed E-state index contributed by atoms with van der Waals surface area (Å²) in [5, 5.41) is 0.551. The van der Waals surface area contributed by atoms with Gasteiger partial charge in [-0.1, -0.05) is 23.2 Å². The van der Waals surface area contributed by atoms with E-state index in [0.29, 0.717) is 14.2 Å². The van der Waals surface area contributed by atoms with E-state index in [1.807, 2.05) is 22.6 Å². The van der Waals surface area contributed by atoms with Crippen molar-refractivity contribution in [2.24, 2.45) is 0 Å². The van der Waals surface area contributed by atoms with E-state index in [1.54, 1.807) is 0 Å². The molecule has 0 aliphatic heterocycles. The zero-order valence-electron chi connectivity index (χ0n) is 8.83. The molecule has 0 atom stereocenters. The maximum atomic E-state index is 13.1. The quantitative estimate of drug-likeness (QED) is 0.574. The Kier molecular flexibility index (Phi) is 4.24. The van der Waals surface area contributed by atoms with E-state index in [0.717, 1.165) is 0 Å². The van der Waals surface area contributed by atoms with Gasteiger partial charge in [-0.15, -0.1) is 0 Å². The molecule has 7 heteroatoms. The van der Waals surface area contributed by atoms with Crippen LogP contribution in [-0.2, 0) is 6.54 Å². The molecule has 2 rings (SSSR count). The first-order chi connectivity index (χ1) is 8.49. The van der Waals surface area contributed by atoms with E-state index in [-0.39, 0.29) is 17.3 Å². The summed E-state index contributed by atoms with van der Waals surface area (Å²) in [6.07, 6.45) is 1.31. The van der Waals surface area contributed by atoms with Crippen molar-refractivity contribution in [2.45, 2.75) is 6.54 Å². The first kappa shape index (κ1) is 13.8. The first-order valence-electron chi connectivity index (χ1n) is 4.83. The second-order valence-corrected chi connectivity index (χ2v) is 5.36. The Labute approximate surface area is 126 Å². The van der Waals surface area contributed by atoms with Gasteiger partial charge in [0.2, 0.25) is 0 Å². The number of halogens is 4. The normalized spacial score (nSPS) is 10.7. The van der Waals surface area contributed by atoms with Gasteiger partial charge in [0.05, 0.1) is 12.9 Å². The number of rotatable bonds is 2. The summed E-state index contributed by atoms with van der Waals surface area (Å²) < 4.78 is 14.8. The lowest BCUT2D eigenvalue weighted by molar-refractivity contribution is 0.622. The summed E-state index contributed by atoms with van der Waals surface area (Å²) in [6.45, 7) is 0.148. The van der Waals surface area contributed by atoms with Gasteiger partial charge in [0.25, 0.3) is 5.56 Å². The van der Waals surface area contributed by atoms with Crippen molar-refractivity contribution >= 4 is 45.8 Å². The molecule has 0 saturated carbocycles. The van der Waals surface area contributed by atoms with Gasteiger partial charge in [0.15, 0.2) is 0 Å². The highest BCUT2D eigenvalue weighted by atomic mass is 127. The van der Waals surface area contributed by atoms with Gasteiger partial charge in [-0.3, -0.25) is 9.36 Å². The molecule has 0 radical (unpaired) electrons. The number of benzene rings is 1. The highest BCUT2D eigenvalue weighted by molar-refractivity contribution is 14.1. The van der Waals surface area contributed by atoms with Crippen LogP contribution in [0.15, 0.2) is 29.3 Å². The molecule has 0 spiro atoms. The average Bonchev–Trinajstić information content (AvgIpc) is 2.34. The van der Waals surface area contributed by atoms with Crippen LogP contribution in [0.3, 0.4) is 0 Å². The fourth-order valence-corrected chi connectivity index (χ4v) is 2.16. The number of hydrogen-bond acceptors (Lipinski definition) is 2. The zero-order chi connectivity index (χ0) is 13.3. The largest absolute Gasteiger partial charge is 0.294 e. The maximum Gasteiger partial charge on any atom is 0.268 e. The van der Waals surface area contributed by atoms with Gasteiger partial charge in [0, 0.05) is 5.02 Å². The lowest BCUT2D eigenvalue weighted by Gasteiger charge is -2.08. The third-order valence-electron chi connectivity index (χ3n) is 2.29. The van der Waals surface area contributed by atoms with Crippen LogP contribution in [0.25, 0.3) is 0 Å². The minimum atomic E-state index is -0.404. The third-order valence-corrected chi connectivity index (χ3v) is 4.24. The topological polar surface area (TPSA) is 34.9 Å². The van der Waals surface area contributed by atoms with Gasteiger partial charge >= 0.3 is 0 Å². The van der Waals surface area contributed by atoms with Crippen molar-refractivity contribution < 1.29 is 4.39 Å². The summed E-state index contributed by atoms with van der Waals surface area (Å²) in [4.78, 5) is 15.8. The molecule has 18 heavy (non-hydrogen) atoms. The van der Waals surface area contributed by atoms with Gasteiger partial charge in [-0.25, -0.2) is 9.37 Å². The number of aromatic nitrogens is 2. The SMILES string of the molecule is O=c1c(I)c(Cl)ncn1Cc1cc(F)ccc1Cl. The van der Waals surface area contributed by atoms with Crippen LogP contribution in [0.1, 0.15) is 5.56 Å². The summed E-state index contributed by atoms with van der Waals surface area (Å²) in [6, 6.07) is 4.00. The average molecular weight is 399 g/mol. The Morgan fingerprint density at radius 1 is 1.39 bits per heavy atom. The van der Waals surface area contributed by atoms with E-state index >= 15 is 0 Å². The molecule has 0 fully saturated rings. The van der Waals surface area contributed by atoms with Gasteiger partial charge in [-0.05, 0) is 46.4 Å². The Morgan fingerprint density at radius 2 is 2.11 bits per heavy atom. The predicted octanol–water partition coefficient (Wildman–Crippen LogP) is 3.34. The maximum absolute atomic E-state index is 13.1. The van der Waals surface area contributed by atoms with Gasteiger partial charge in [0.1, 0.15) is 14.5 Å². The van der Waals surface area contributed by atoms with Crippen molar-refractivity contribution in [3.63, 3.8) is 0 Å². The van der Waals surface area contributed by atoms with E-state index in [1.165, 1.54) is 29.1 Å².